The van der Waals surface area contributed by atoms with Crippen molar-refractivity contribution in [3.63, 3.8) is 0 Å². The van der Waals surface area contributed by atoms with E-state index in [1.165, 1.54) is 16.5 Å². The summed E-state index contributed by atoms with van der Waals surface area (Å²) in [6.45, 7) is 6.98. The van der Waals surface area contributed by atoms with Crippen molar-refractivity contribution in [1.29, 1.82) is 0 Å². The van der Waals surface area contributed by atoms with E-state index in [2.05, 4.69) is 21.7 Å². The molecule has 0 saturated carbocycles. The lowest BCUT2D eigenvalue weighted by Gasteiger charge is -2.40. The lowest BCUT2D eigenvalue weighted by atomic mass is 9.93. The van der Waals surface area contributed by atoms with Gasteiger partial charge >= 0.3 is 6.03 Å². The molecule has 0 bridgehead atoms. The summed E-state index contributed by atoms with van der Waals surface area (Å²) >= 11 is 1.75. The molecule has 37 heavy (non-hydrogen) atoms. The van der Waals surface area contributed by atoms with Crippen molar-refractivity contribution in [2.75, 3.05) is 38.0 Å². The third kappa shape index (κ3) is 5.70. The molecule has 1 saturated heterocycles. The third-order valence-corrected chi connectivity index (χ3v) is 8.38. The normalized spacial score (nSPS) is 20.0. The Labute approximate surface area is 221 Å². The van der Waals surface area contributed by atoms with Crippen LogP contribution in [0.5, 0.6) is 0 Å². The Balaban J connectivity index is 1.18. The van der Waals surface area contributed by atoms with Gasteiger partial charge in [-0.3, -0.25) is 9.69 Å². The minimum atomic E-state index is -0.242. The molecule has 0 radical (unpaired) electrons. The number of rotatable bonds is 5. The molecule has 1 aromatic heterocycles. The van der Waals surface area contributed by atoms with Crippen molar-refractivity contribution in [1.82, 2.24) is 14.7 Å². The standard InChI is InChI=1S/C29H33FN4O2S/c1-20-6-8-24(9-7-20)31-29(36)34-16-15-33(19-21(34)2)27(35)11-14-32-13-10-26-25(12-17-37-26)28(32)22-4-3-5-23(30)18-22/h3-9,12,17-18,21,28H,10-11,13-16,19H2,1-2H3,(H,31,36)/t21-,28+/m0/s1. The molecule has 2 atom stereocenters. The third-order valence-electron chi connectivity index (χ3n) is 7.39. The number of nitrogens with one attached hydrogen (secondary N) is 1. The quantitative estimate of drug-likeness (QED) is 0.497. The number of carbonyl (C=O) groups excluding carboxylic acids is 2. The first kappa shape index (κ1) is 25.4. The van der Waals surface area contributed by atoms with E-state index in [9.17, 15) is 14.0 Å². The summed E-state index contributed by atoms with van der Waals surface area (Å²) in [4.78, 5) is 33.3. The zero-order valence-electron chi connectivity index (χ0n) is 21.3. The van der Waals surface area contributed by atoms with Gasteiger partial charge in [-0.15, -0.1) is 11.3 Å². The first-order valence-corrected chi connectivity index (χ1v) is 13.7. The molecular formula is C29H33FN4O2S. The SMILES string of the molecule is Cc1ccc(NC(=O)N2CCN(C(=O)CCN3CCc4sccc4[C@H]3c3cccc(F)c3)C[C@@H]2C)cc1. The predicted molar refractivity (Wildman–Crippen MR) is 145 cm³/mol. The van der Waals surface area contributed by atoms with Crippen LogP contribution < -0.4 is 5.32 Å². The van der Waals surface area contributed by atoms with Crippen LogP contribution in [0.4, 0.5) is 14.9 Å². The Morgan fingerprint density at radius 2 is 1.89 bits per heavy atom. The van der Waals surface area contributed by atoms with E-state index in [0.29, 0.717) is 32.6 Å². The summed E-state index contributed by atoms with van der Waals surface area (Å²) in [7, 11) is 0. The van der Waals surface area contributed by atoms with Crippen LogP contribution in [-0.4, -0.2) is 65.4 Å². The molecule has 1 N–H and O–H groups in total. The topological polar surface area (TPSA) is 55.9 Å². The highest BCUT2D eigenvalue weighted by atomic mass is 32.1. The fraction of sp³-hybridized carbons (Fsp3) is 0.379. The van der Waals surface area contributed by atoms with Crippen LogP contribution in [0.2, 0.25) is 0 Å². The average Bonchev–Trinajstić information content (AvgIpc) is 3.37. The van der Waals surface area contributed by atoms with Crippen LogP contribution in [0.1, 0.15) is 41.0 Å². The Hall–Kier alpha value is -3.23. The van der Waals surface area contributed by atoms with Crippen LogP contribution in [0.25, 0.3) is 0 Å². The molecular weight excluding hydrogens is 487 g/mol. The molecule has 0 spiro atoms. The highest BCUT2D eigenvalue weighted by Gasteiger charge is 2.32. The number of piperazine rings is 1. The van der Waals surface area contributed by atoms with Gasteiger partial charge in [-0.25, -0.2) is 9.18 Å². The second-order valence-corrected chi connectivity index (χ2v) is 11.0. The maximum absolute atomic E-state index is 14.1. The molecule has 1 fully saturated rings. The average molecular weight is 521 g/mol. The Morgan fingerprint density at radius 1 is 1.08 bits per heavy atom. The molecule has 194 valence electrons. The molecule has 2 aromatic carbocycles. The van der Waals surface area contributed by atoms with Crippen LogP contribution in [-0.2, 0) is 11.2 Å². The molecule has 6 nitrogen and oxygen atoms in total. The van der Waals surface area contributed by atoms with Gasteiger partial charge in [0.25, 0.3) is 0 Å². The van der Waals surface area contributed by atoms with Crippen LogP contribution in [0.15, 0.2) is 60.0 Å². The Bertz CT molecular complexity index is 1260. The van der Waals surface area contributed by atoms with Crippen LogP contribution in [0.3, 0.4) is 0 Å². The van der Waals surface area contributed by atoms with Gasteiger partial charge in [-0.05, 0) is 67.1 Å². The second-order valence-electron chi connectivity index (χ2n) is 9.97. The summed E-state index contributed by atoms with van der Waals surface area (Å²) in [5.74, 6) is -0.145. The molecule has 2 aliphatic heterocycles. The number of nitrogens with zero attached hydrogens (tertiary/aromatic N) is 3. The van der Waals surface area contributed by atoms with Gasteiger partial charge in [0.1, 0.15) is 5.82 Å². The highest BCUT2D eigenvalue weighted by Crippen LogP contribution is 2.38. The highest BCUT2D eigenvalue weighted by molar-refractivity contribution is 7.10. The maximum atomic E-state index is 14.1. The zero-order chi connectivity index (χ0) is 25.9. The monoisotopic (exact) mass is 520 g/mol. The lowest BCUT2D eigenvalue weighted by Crippen LogP contribution is -2.56. The van der Waals surface area contributed by atoms with E-state index in [1.807, 2.05) is 49.1 Å². The van der Waals surface area contributed by atoms with Crippen molar-refractivity contribution in [2.45, 2.75) is 38.8 Å². The maximum Gasteiger partial charge on any atom is 0.322 e. The van der Waals surface area contributed by atoms with Crippen molar-refractivity contribution < 1.29 is 14.0 Å². The van der Waals surface area contributed by atoms with E-state index < -0.39 is 0 Å². The van der Waals surface area contributed by atoms with Gasteiger partial charge < -0.3 is 15.1 Å². The van der Waals surface area contributed by atoms with Gasteiger partial charge in [-0.2, -0.15) is 0 Å². The number of anilines is 1. The fourth-order valence-electron chi connectivity index (χ4n) is 5.39. The predicted octanol–water partition coefficient (Wildman–Crippen LogP) is 5.30. The largest absolute Gasteiger partial charge is 0.339 e. The number of halogens is 1. The summed E-state index contributed by atoms with van der Waals surface area (Å²) in [5, 5.41) is 5.06. The lowest BCUT2D eigenvalue weighted by molar-refractivity contribution is -0.134. The molecule has 3 amide bonds. The van der Waals surface area contributed by atoms with Gasteiger partial charge in [0, 0.05) is 55.8 Å². The van der Waals surface area contributed by atoms with Gasteiger partial charge in [0.05, 0.1) is 6.04 Å². The zero-order valence-corrected chi connectivity index (χ0v) is 22.1. The number of amides is 3. The van der Waals surface area contributed by atoms with Gasteiger partial charge in [0.2, 0.25) is 5.91 Å². The first-order chi connectivity index (χ1) is 17.9. The van der Waals surface area contributed by atoms with Gasteiger partial charge in [0.15, 0.2) is 0 Å². The number of hydrogen-bond acceptors (Lipinski definition) is 4. The second kappa shape index (κ2) is 11.0. The molecule has 0 unspecified atom stereocenters. The van der Waals surface area contributed by atoms with Crippen molar-refractivity contribution in [3.05, 3.63) is 87.4 Å². The molecule has 3 heterocycles. The molecule has 2 aliphatic rings. The molecule has 3 aromatic rings. The number of aryl methyl sites for hydroxylation is 1. The van der Waals surface area contributed by atoms with E-state index in [-0.39, 0.29) is 29.8 Å². The molecule has 0 aliphatic carbocycles. The summed E-state index contributed by atoms with van der Waals surface area (Å²) < 4.78 is 14.1. The summed E-state index contributed by atoms with van der Waals surface area (Å²) in [5.41, 5.74) is 4.05. The minimum absolute atomic E-state index is 0.0419. The Kier molecular flexibility index (Phi) is 7.58. The molecule has 5 rings (SSSR count). The number of fused-ring (bicyclic) bond motifs is 1. The summed E-state index contributed by atoms with van der Waals surface area (Å²) in [6.07, 6.45) is 1.34. The van der Waals surface area contributed by atoms with Crippen LogP contribution >= 0.6 is 11.3 Å². The van der Waals surface area contributed by atoms with E-state index in [1.54, 1.807) is 28.4 Å². The minimum Gasteiger partial charge on any atom is -0.339 e. The number of thiophene rings is 1. The number of urea groups is 1. The number of carbonyl (C=O) groups is 2. The van der Waals surface area contributed by atoms with Crippen molar-refractivity contribution in [2.24, 2.45) is 0 Å². The summed E-state index contributed by atoms with van der Waals surface area (Å²) in [6, 6.07) is 16.4. The Morgan fingerprint density at radius 3 is 2.65 bits per heavy atom. The van der Waals surface area contributed by atoms with E-state index >= 15 is 0 Å². The fourth-order valence-corrected chi connectivity index (χ4v) is 6.30. The smallest absolute Gasteiger partial charge is 0.322 e. The van der Waals surface area contributed by atoms with E-state index in [0.717, 1.165) is 29.8 Å². The van der Waals surface area contributed by atoms with Crippen molar-refractivity contribution in [3.8, 4) is 0 Å². The number of benzene rings is 2. The van der Waals surface area contributed by atoms with Crippen LogP contribution in [0, 0.1) is 12.7 Å². The first-order valence-electron chi connectivity index (χ1n) is 12.9. The van der Waals surface area contributed by atoms with Crippen molar-refractivity contribution >= 4 is 29.0 Å². The number of hydrogen-bond donors (Lipinski definition) is 1. The van der Waals surface area contributed by atoms with E-state index in [4.69, 9.17) is 0 Å². The molecule has 8 heteroatoms. The van der Waals surface area contributed by atoms with Gasteiger partial charge in [-0.1, -0.05) is 29.8 Å².